The summed E-state index contributed by atoms with van der Waals surface area (Å²) in [6.07, 6.45) is 4.99. The maximum atomic E-state index is 9.79. The Labute approximate surface area is 117 Å². The Bertz CT molecular complexity index is 569. The monoisotopic (exact) mass is 279 g/mol. The van der Waals surface area contributed by atoms with E-state index in [0.29, 0.717) is 17.6 Å². The number of rotatable bonds is 4. The highest BCUT2D eigenvalue weighted by molar-refractivity contribution is 6.30. The molecule has 5 heteroatoms. The molecule has 0 saturated heterocycles. The molecule has 19 heavy (non-hydrogen) atoms. The van der Waals surface area contributed by atoms with Crippen LogP contribution in [0, 0.1) is 5.92 Å². The van der Waals surface area contributed by atoms with Crippen LogP contribution in [-0.2, 0) is 6.54 Å². The average molecular weight is 280 g/mol. The number of imidazole rings is 1. The number of pyridine rings is 1. The van der Waals surface area contributed by atoms with E-state index >= 15 is 0 Å². The molecule has 1 aliphatic carbocycles. The van der Waals surface area contributed by atoms with E-state index in [4.69, 9.17) is 11.6 Å². The van der Waals surface area contributed by atoms with Crippen LogP contribution < -0.4 is 5.32 Å². The van der Waals surface area contributed by atoms with E-state index in [1.54, 1.807) is 0 Å². The van der Waals surface area contributed by atoms with Gasteiger partial charge in [0.2, 0.25) is 0 Å². The largest absolute Gasteiger partial charge is 0.393 e. The summed E-state index contributed by atoms with van der Waals surface area (Å²) in [5.74, 6) is 0.373. The number of hydrogen-bond donors (Lipinski definition) is 2. The molecule has 1 fully saturated rings. The molecule has 102 valence electrons. The van der Waals surface area contributed by atoms with Crippen molar-refractivity contribution in [1.82, 2.24) is 14.7 Å². The Kier molecular flexibility index (Phi) is 3.73. The maximum absolute atomic E-state index is 9.79. The lowest BCUT2D eigenvalue weighted by Crippen LogP contribution is -2.27. The lowest BCUT2D eigenvalue weighted by Gasteiger charge is -2.15. The van der Waals surface area contributed by atoms with E-state index in [-0.39, 0.29) is 6.10 Å². The van der Waals surface area contributed by atoms with E-state index in [9.17, 15) is 5.11 Å². The number of fused-ring (bicyclic) bond motifs is 1. The molecule has 0 bridgehead atoms. The summed E-state index contributed by atoms with van der Waals surface area (Å²) >= 11 is 6.17. The summed E-state index contributed by atoms with van der Waals surface area (Å²) in [7, 11) is 0. The van der Waals surface area contributed by atoms with Crippen molar-refractivity contribution in [2.75, 3.05) is 6.54 Å². The van der Waals surface area contributed by atoms with E-state index in [1.165, 1.54) is 0 Å². The molecule has 0 aromatic carbocycles. The third-order valence-electron chi connectivity index (χ3n) is 3.90. The van der Waals surface area contributed by atoms with Gasteiger partial charge in [-0.3, -0.25) is 0 Å². The molecule has 3 rings (SSSR count). The molecule has 0 spiro atoms. The van der Waals surface area contributed by atoms with E-state index in [1.807, 2.05) is 28.8 Å². The molecule has 0 aliphatic heterocycles. The first kappa shape index (κ1) is 12.9. The van der Waals surface area contributed by atoms with Gasteiger partial charge in [-0.15, -0.1) is 0 Å². The van der Waals surface area contributed by atoms with Crippen molar-refractivity contribution in [2.45, 2.75) is 31.9 Å². The van der Waals surface area contributed by atoms with Crippen LogP contribution in [0.1, 0.15) is 25.0 Å². The lowest BCUT2D eigenvalue weighted by atomic mass is 10.1. The van der Waals surface area contributed by atoms with Crippen molar-refractivity contribution in [3.8, 4) is 0 Å². The zero-order valence-electron chi connectivity index (χ0n) is 10.7. The number of nitrogens with one attached hydrogen (secondary N) is 1. The van der Waals surface area contributed by atoms with Crippen LogP contribution >= 0.6 is 11.6 Å². The maximum Gasteiger partial charge on any atom is 0.152 e. The first-order chi connectivity index (χ1) is 9.25. The van der Waals surface area contributed by atoms with Crippen LogP contribution in [-0.4, -0.2) is 27.1 Å². The van der Waals surface area contributed by atoms with Gasteiger partial charge in [0.05, 0.1) is 11.8 Å². The van der Waals surface area contributed by atoms with E-state index < -0.39 is 0 Å². The number of nitrogens with zero attached hydrogens (tertiary/aromatic N) is 2. The van der Waals surface area contributed by atoms with Gasteiger partial charge >= 0.3 is 0 Å². The minimum atomic E-state index is -0.148. The van der Waals surface area contributed by atoms with E-state index in [2.05, 4.69) is 10.3 Å². The zero-order valence-corrected chi connectivity index (χ0v) is 11.5. The SMILES string of the molecule is OC1CCCC1CNCc1c(Cl)nc2ccccn12. The molecule has 2 atom stereocenters. The molecule has 4 nitrogen and oxygen atoms in total. The Morgan fingerprint density at radius 3 is 3.11 bits per heavy atom. The number of halogens is 1. The first-order valence-electron chi connectivity index (χ1n) is 6.76. The van der Waals surface area contributed by atoms with Crippen molar-refractivity contribution in [2.24, 2.45) is 5.92 Å². The van der Waals surface area contributed by atoms with Crippen LogP contribution in [0.3, 0.4) is 0 Å². The van der Waals surface area contributed by atoms with Gasteiger partial charge < -0.3 is 14.8 Å². The van der Waals surface area contributed by atoms with Crippen LogP contribution in [0.5, 0.6) is 0 Å². The Morgan fingerprint density at radius 2 is 2.32 bits per heavy atom. The number of aliphatic hydroxyl groups excluding tert-OH is 1. The molecule has 1 aliphatic rings. The van der Waals surface area contributed by atoms with Crippen LogP contribution in [0.15, 0.2) is 24.4 Å². The minimum absolute atomic E-state index is 0.148. The van der Waals surface area contributed by atoms with Crippen molar-refractivity contribution in [1.29, 1.82) is 0 Å². The van der Waals surface area contributed by atoms with Crippen molar-refractivity contribution in [3.63, 3.8) is 0 Å². The molecule has 2 aromatic heterocycles. The van der Waals surface area contributed by atoms with Crippen molar-refractivity contribution < 1.29 is 5.11 Å². The fourth-order valence-electron chi connectivity index (χ4n) is 2.81. The smallest absolute Gasteiger partial charge is 0.152 e. The molecule has 2 N–H and O–H groups in total. The van der Waals surface area contributed by atoms with Gasteiger partial charge in [-0.2, -0.15) is 0 Å². The fourth-order valence-corrected chi connectivity index (χ4v) is 3.05. The molecular weight excluding hydrogens is 262 g/mol. The van der Waals surface area contributed by atoms with Gasteiger partial charge in [0.1, 0.15) is 5.65 Å². The predicted molar refractivity (Wildman–Crippen MR) is 75.3 cm³/mol. The number of hydrogen-bond acceptors (Lipinski definition) is 3. The molecule has 0 amide bonds. The van der Waals surface area contributed by atoms with E-state index in [0.717, 1.165) is 37.1 Å². The molecule has 0 radical (unpaired) electrons. The Hall–Kier alpha value is -1.10. The fraction of sp³-hybridized carbons (Fsp3) is 0.500. The summed E-state index contributed by atoms with van der Waals surface area (Å²) in [6, 6.07) is 5.86. The highest BCUT2D eigenvalue weighted by Gasteiger charge is 2.24. The third-order valence-corrected chi connectivity index (χ3v) is 4.20. The van der Waals surface area contributed by atoms with Crippen LogP contribution in [0.2, 0.25) is 5.15 Å². The standard InChI is InChI=1S/C14H18ClN3O/c15-14-11(18-7-2-1-6-13(18)17-14)9-16-8-10-4-3-5-12(10)19/h1-2,6-7,10,12,16,19H,3-5,8-9H2. The Morgan fingerprint density at radius 1 is 1.42 bits per heavy atom. The molecule has 2 aromatic rings. The Balaban J connectivity index is 1.66. The minimum Gasteiger partial charge on any atom is -0.393 e. The highest BCUT2D eigenvalue weighted by atomic mass is 35.5. The van der Waals surface area contributed by atoms with Gasteiger partial charge in [-0.05, 0) is 30.9 Å². The zero-order chi connectivity index (χ0) is 13.2. The quantitative estimate of drug-likeness (QED) is 0.902. The van der Waals surface area contributed by atoms with Gasteiger partial charge in [0.15, 0.2) is 5.15 Å². The molecule has 2 unspecified atom stereocenters. The summed E-state index contributed by atoms with van der Waals surface area (Å²) in [6.45, 7) is 1.50. The predicted octanol–water partition coefficient (Wildman–Crippen LogP) is 2.24. The average Bonchev–Trinajstić information content (AvgIpc) is 2.94. The summed E-state index contributed by atoms with van der Waals surface area (Å²) < 4.78 is 2.00. The number of aliphatic hydroxyl groups is 1. The van der Waals surface area contributed by atoms with Crippen molar-refractivity contribution >= 4 is 17.2 Å². The first-order valence-corrected chi connectivity index (χ1v) is 7.14. The topological polar surface area (TPSA) is 49.6 Å². The highest BCUT2D eigenvalue weighted by Crippen LogP contribution is 2.25. The van der Waals surface area contributed by atoms with Gasteiger partial charge in [-0.25, -0.2) is 4.98 Å². The lowest BCUT2D eigenvalue weighted by molar-refractivity contribution is 0.131. The van der Waals surface area contributed by atoms with Crippen LogP contribution in [0.25, 0.3) is 5.65 Å². The summed E-state index contributed by atoms with van der Waals surface area (Å²) in [5, 5.41) is 13.7. The normalized spacial score (nSPS) is 23.3. The van der Waals surface area contributed by atoms with Gasteiger partial charge in [-0.1, -0.05) is 24.1 Å². The van der Waals surface area contributed by atoms with Gasteiger partial charge in [0.25, 0.3) is 0 Å². The number of aromatic nitrogens is 2. The second-order valence-electron chi connectivity index (χ2n) is 5.17. The second kappa shape index (κ2) is 5.49. The van der Waals surface area contributed by atoms with Crippen molar-refractivity contribution in [3.05, 3.63) is 35.2 Å². The second-order valence-corrected chi connectivity index (χ2v) is 5.53. The van der Waals surface area contributed by atoms with Crippen LogP contribution in [0.4, 0.5) is 0 Å². The molecule has 2 heterocycles. The summed E-state index contributed by atoms with van der Waals surface area (Å²) in [5.41, 5.74) is 1.84. The van der Waals surface area contributed by atoms with Gasteiger partial charge in [0, 0.05) is 19.3 Å². The third kappa shape index (κ3) is 2.61. The molecular formula is C14H18ClN3O. The molecule has 1 saturated carbocycles. The summed E-state index contributed by atoms with van der Waals surface area (Å²) in [4.78, 5) is 4.32.